The Bertz CT molecular complexity index is 961. The summed E-state index contributed by atoms with van der Waals surface area (Å²) < 4.78 is 1.13. The molecular formula is C22H27Cl2N3OS2. The van der Waals surface area contributed by atoms with Gasteiger partial charge in [-0.05, 0) is 69.1 Å². The summed E-state index contributed by atoms with van der Waals surface area (Å²) in [5.74, 6) is 1.04. The van der Waals surface area contributed by atoms with Crippen molar-refractivity contribution in [2.45, 2.75) is 24.7 Å². The first-order valence-electron chi connectivity index (χ1n) is 9.63. The molecule has 30 heavy (non-hydrogen) atoms. The summed E-state index contributed by atoms with van der Waals surface area (Å²) in [6, 6.07) is 14.0. The van der Waals surface area contributed by atoms with Gasteiger partial charge in [0, 0.05) is 29.4 Å². The molecule has 0 saturated heterocycles. The number of thioether (sulfide) groups is 1. The molecule has 8 heteroatoms. The molecule has 1 aromatic heterocycles. The minimum absolute atomic E-state index is 0. The number of fused-ring (bicyclic) bond motifs is 1. The molecule has 0 spiro atoms. The molecule has 162 valence electrons. The standard InChI is InChI=1S/C22H26ClN3OS2.ClH/c1-16-6-4-7-19-21(16)24-22(29-19)26(14-13-25(2)3)20(27)8-5-15-28-18-11-9-17(23)10-12-18;/h4,6-7,9-12H,5,8,13-15H2,1-3H3;1H. The van der Waals surface area contributed by atoms with E-state index in [1.807, 2.05) is 49.3 Å². The van der Waals surface area contributed by atoms with Gasteiger partial charge in [-0.2, -0.15) is 0 Å². The van der Waals surface area contributed by atoms with Crippen LogP contribution in [-0.2, 0) is 4.79 Å². The van der Waals surface area contributed by atoms with Gasteiger partial charge in [0.25, 0.3) is 0 Å². The van der Waals surface area contributed by atoms with Gasteiger partial charge in [0.15, 0.2) is 5.13 Å². The fraction of sp³-hybridized carbons (Fsp3) is 0.364. The maximum Gasteiger partial charge on any atom is 0.228 e. The largest absolute Gasteiger partial charge is 0.308 e. The van der Waals surface area contributed by atoms with Crippen LogP contribution in [0.25, 0.3) is 10.2 Å². The number of amides is 1. The summed E-state index contributed by atoms with van der Waals surface area (Å²) in [6.45, 7) is 3.51. The Kier molecular flexibility index (Phi) is 9.91. The van der Waals surface area contributed by atoms with E-state index in [-0.39, 0.29) is 18.3 Å². The number of benzene rings is 2. The molecule has 0 aliphatic carbocycles. The zero-order valence-corrected chi connectivity index (χ0v) is 20.6. The number of hydrogen-bond acceptors (Lipinski definition) is 5. The average Bonchev–Trinajstić information content (AvgIpc) is 3.12. The Hall–Kier alpha value is -1.31. The summed E-state index contributed by atoms with van der Waals surface area (Å²) in [5.41, 5.74) is 2.14. The van der Waals surface area contributed by atoms with Crippen molar-refractivity contribution in [3.8, 4) is 0 Å². The molecule has 3 rings (SSSR count). The third-order valence-electron chi connectivity index (χ3n) is 4.53. The van der Waals surface area contributed by atoms with Crippen LogP contribution in [-0.4, -0.2) is 48.7 Å². The minimum Gasteiger partial charge on any atom is -0.308 e. The van der Waals surface area contributed by atoms with E-state index in [4.69, 9.17) is 16.6 Å². The number of halogens is 2. The topological polar surface area (TPSA) is 36.4 Å². The molecule has 0 N–H and O–H groups in total. The first-order chi connectivity index (χ1) is 13.9. The summed E-state index contributed by atoms with van der Waals surface area (Å²) in [4.78, 5) is 22.9. The van der Waals surface area contributed by atoms with Crippen molar-refractivity contribution < 1.29 is 4.79 Å². The van der Waals surface area contributed by atoms with Crippen molar-refractivity contribution in [3.63, 3.8) is 0 Å². The highest BCUT2D eigenvalue weighted by Crippen LogP contribution is 2.31. The van der Waals surface area contributed by atoms with E-state index in [2.05, 4.69) is 24.0 Å². The number of hydrogen-bond donors (Lipinski definition) is 0. The molecule has 0 bridgehead atoms. The van der Waals surface area contributed by atoms with Crippen molar-refractivity contribution in [1.29, 1.82) is 0 Å². The van der Waals surface area contributed by atoms with Crippen LogP contribution in [0.2, 0.25) is 5.02 Å². The van der Waals surface area contributed by atoms with Crippen LogP contribution in [0.3, 0.4) is 0 Å². The molecule has 0 atom stereocenters. The molecule has 4 nitrogen and oxygen atoms in total. The fourth-order valence-electron chi connectivity index (χ4n) is 2.90. The highest BCUT2D eigenvalue weighted by molar-refractivity contribution is 7.99. The average molecular weight is 485 g/mol. The molecule has 0 aliphatic heterocycles. The number of carbonyl (C=O) groups excluding carboxylic acids is 1. The summed E-state index contributed by atoms with van der Waals surface area (Å²) in [7, 11) is 4.04. The molecule has 0 fully saturated rings. The van der Waals surface area contributed by atoms with Crippen molar-refractivity contribution >= 4 is 68.4 Å². The minimum atomic E-state index is 0. The van der Waals surface area contributed by atoms with Gasteiger partial charge < -0.3 is 4.90 Å². The SMILES string of the molecule is Cc1cccc2sc(N(CCN(C)C)C(=O)CCCSc3ccc(Cl)cc3)nc12.Cl. The fourth-order valence-corrected chi connectivity index (χ4v) is 4.96. The van der Waals surface area contributed by atoms with E-state index in [9.17, 15) is 4.79 Å². The second kappa shape index (κ2) is 11.9. The number of aromatic nitrogens is 1. The van der Waals surface area contributed by atoms with Gasteiger partial charge in [-0.1, -0.05) is 35.1 Å². The van der Waals surface area contributed by atoms with E-state index in [1.54, 1.807) is 23.1 Å². The number of likely N-dealkylation sites (N-methyl/N-ethyl adjacent to an activating group) is 1. The summed E-state index contributed by atoms with van der Waals surface area (Å²) in [6.07, 6.45) is 1.34. The lowest BCUT2D eigenvalue weighted by Gasteiger charge is -2.22. The second-order valence-electron chi connectivity index (χ2n) is 7.17. The highest BCUT2D eigenvalue weighted by Gasteiger charge is 2.20. The van der Waals surface area contributed by atoms with Crippen LogP contribution >= 0.6 is 47.1 Å². The lowest BCUT2D eigenvalue weighted by molar-refractivity contribution is -0.118. The molecule has 1 amide bonds. The van der Waals surface area contributed by atoms with Crippen LogP contribution in [0.15, 0.2) is 47.4 Å². The van der Waals surface area contributed by atoms with Crippen molar-refractivity contribution in [3.05, 3.63) is 53.1 Å². The summed E-state index contributed by atoms with van der Waals surface area (Å²) in [5, 5.41) is 1.54. The number of thiazole rings is 1. The molecule has 2 aromatic carbocycles. The van der Waals surface area contributed by atoms with Gasteiger partial charge >= 0.3 is 0 Å². The van der Waals surface area contributed by atoms with E-state index in [0.717, 1.165) is 44.7 Å². The van der Waals surface area contributed by atoms with E-state index in [0.29, 0.717) is 13.0 Å². The molecular weight excluding hydrogens is 457 g/mol. The Labute approximate surface area is 198 Å². The first-order valence-corrected chi connectivity index (χ1v) is 11.8. The van der Waals surface area contributed by atoms with E-state index < -0.39 is 0 Å². The lowest BCUT2D eigenvalue weighted by atomic mass is 10.2. The van der Waals surface area contributed by atoms with Crippen molar-refractivity contribution in [2.75, 3.05) is 37.8 Å². The quantitative estimate of drug-likeness (QED) is 0.270. The maximum atomic E-state index is 13.0. The Balaban J connectivity index is 0.00000320. The van der Waals surface area contributed by atoms with Gasteiger partial charge in [0.1, 0.15) is 0 Å². The number of carbonyl (C=O) groups is 1. The second-order valence-corrected chi connectivity index (χ2v) is 9.79. The van der Waals surface area contributed by atoms with Crippen LogP contribution in [0.4, 0.5) is 5.13 Å². The Morgan fingerprint density at radius 1 is 1.13 bits per heavy atom. The Morgan fingerprint density at radius 3 is 2.53 bits per heavy atom. The highest BCUT2D eigenvalue weighted by atomic mass is 35.5. The van der Waals surface area contributed by atoms with E-state index >= 15 is 0 Å². The number of aryl methyl sites for hydroxylation is 1. The smallest absolute Gasteiger partial charge is 0.228 e. The van der Waals surface area contributed by atoms with Crippen LogP contribution in [0, 0.1) is 6.92 Å². The van der Waals surface area contributed by atoms with Crippen LogP contribution in [0.1, 0.15) is 18.4 Å². The summed E-state index contributed by atoms with van der Waals surface area (Å²) >= 11 is 9.28. The van der Waals surface area contributed by atoms with Crippen molar-refractivity contribution in [1.82, 2.24) is 9.88 Å². The van der Waals surface area contributed by atoms with Gasteiger partial charge in [-0.15, -0.1) is 24.2 Å². The molecule has 0 unspecified atom stereocenters. The zero-order valence-electron chi connectivity index (χ0n) is 17.4. The number of rotatable bonds is 9. The van der Waals surface area contributed by atoms with E-state index in [1.165, 1.54) is 4.90 Å². The Morgan fingerprint density at radius 2 is 1.87 bits per heavy atom. The maximum absolute atomic E-state index is 13.0. The van der Waals surface area contributed by atoms with Crippen molar-refractivity contribution in [2.24, 2.45) is 0 Å². The molecule has 1 heterocycles. The third kappa shape index (κ3) is 6.86. The first kappa shape index (κ1) is 25.0. The predicted molar refractivity (Wildman–Crippen MR) is 134 cm³/mol. The molecule has 3 aromatic rings. The zero-order chi connectivity index (χ0) is 20.8. The number of nitrogens with zero attached hydrogens (tertiary/aromatic N) is 3. The molecule has 0 radical (unpaired) electrons. The predicted octanol–water partition coefficient (Wildman–Crippen LogP) is 6.15. The van der Waals surface area contributed by atoms with Crippen LogP contribution in [0.5, 0.6) is 0 Å². The lowest BCUT2D eigenvalue weighted by Crippen LogP contribution is -2.36. The van der Waals surface area contributed by atoms with Gasteiger partial charge in [-0.25, -0.2) is 4.98 Å². The normalized spacial score (nSPS) is 11.0. The molecule has 0 aliphatic rings. The third-order valence-corrected chi connectivity index (χ3v) is 6.92. The number of anilines is 1. The van der Waals surface area contributed by atoms with Crippen LogP contribution < -0.4 is 4.90 Å². The van der Waals surface area contributed by atoms with Gasteiger partial charge in [0.2, 0.25) is 5.91 Å². The molecule has 0 saturated carbocycles. The monoisotopic (exact) mass is 483 g/mol. The van der Waals surface area contributed by atoms with Gasteiger partial charge in [-0.3, -0.25) is 9.69 Å². The van der Waals surface area contributed by atoms with Gasteiger partial charge in [0.05, 0.1) is 10.2 Å². The number of para-hydroxylation sites is 1.